The van der Waals surface area contributed by atoms with E-state index in [2.05, 4.69) is 30.4 Å². The van der Waals surface area contributed by atoms with Crippen molar-refractivity contribution in [3.63, 3.8) is 0 Å². The zero-order valence-corrected chi connectivity index (χ0v) is 12.5. The molecule has 1 aromatic heterocycles. The summed E-state index contributed by atoms with van der Waals surface area (Å²) in [5, 5.41) is 4.57. The van der Waals surface area contributed by atoms with Crippen LogP contribution in [0.2, 0.25) is 5.02 Å². The molecule has 1 heterocycles. The molecule has 2 aromatic rings. The molecule has 1 aliphatic carbocycles. The van der Waals surface area contributed by atoms with Crippen LogP contribution in [0.3, 0.4) is 0 Å². The van der Waals surface area contributed by atoms with Crippen LogP contribution in [-0.4, -0.2) is 0 Å². The largest absolute Gasteiger partial charge is 0.469 e. The SMILES string of the molecule is CCC(NC1CCCc2occc21)c1ccc(Cl)cc1. The van der Waals surface area contributed by atoms with Gasteiger partial charge in [0.25, 0.3) is 0 Å². The minimum Gasteiger partial charge on any atom is -0.469 e. The fourth-order valence-corrected chi connectivity index (χ4v) is 3.17. The monoisotopic (exact) mass is 289 g/mol. The van der Waals surface area contributed by atoms with Crippen molar-refractivity contribution < 1.29 is 4.42 Å². The van der Waals surface area contributed by atoms with Gasteiger partial charge in [0, 0.05) is 29.1 Å². The molecule has 0 aliphatic heterocycles. The van der Waals surface area contributed by atoms with Crippen LogP contribution in [0.5, 0.6) is 0 Å². The molecule has 1 N–H and O–H groups in total. The van der Waals surface area contributed by atoms with Crippen molar-refractivity contribution in [2.24, 2.45) is 0 Å². The Morgan fingerprint density at radius 3 is 2.85 bits per heavy atom. The highest BCUT2D eigenvalue weighted by Crippen LogP contribution is 2.33. The van der Waals surface area contributed by atoms with Gasteiger partial charge in [-0.15, -0.1) is 0 Å². The molecule has 0 radical (unpaired) electrons. The topological polar surface area (TPSA) is 25.2 Å². The van der Waals surface area contributed by atoms with Crippen molar-refractivity contribution in [1.82, 2.24) is 5.32 Å². The van der Waals surface area contributed by atoms with Crippen molar-refractivity contribution >= 4 is 11.6 Å². The van der Waals surface area contributed by atoms with Gasteiger partial charge in [-0.3, -0.25) is 0 Å². The zero-order chi connectivity index (χ0) is 13.9. The molecule has 0 saturated heterocycles. The average Bonchev–Trinajstić information content (AvgIpc) is 2.95. The van der Waals surface area contributed by atoms with E-state index in [4.69, 9.17) is 16.0 Å². The summed E-state index contributed by atoms with van der Waals surface area (Å²) in [4.78, 5) is 0. The number of furan rings is 1. The molecule has 0 spiro atoms. The second-order valence-corrected chi connectivity index (χ2v) is 5.86. The fourth-order valence-electron chi connectivity index (χ4n) is 3.05. The Hall–Kier alpha value is -1.25. The third kappa shape index (κ3) is 2.77. The molecule has 0 bridgehead atoms. The number of halogens is 1. The van der Waals surface area contributed by atoms with Crippen LogP contribution >= 0.6 is 11.6 Å². The van der Waals surface area contributed by atoms with E-state index >= 15 is 0 Å². The summed E-state index contributed by atoms with van der Waals surface area (Å²) in [6.07, 6.45) is 6.31. The van der Waals surface area contributed by atoms with Crippen LogP contribution in [0.15, 0.2) is 41.0 Å². The van der Waals surface area contributed by atoms with Gasteiger partial charge in [0.2, 0.25) is 0 Å². The first-order valence-electron chi connectivity index (χ1n) is 7.35. The highest BCUT2D eigenvalue weighted by Gasteiger charge is 2.24. The Labute approximate surface area is 125 Å². The van der Waals surface area contributed by atoms with Gasteiger partial charge in [-0.25, -0.2) is 0 Å². The van der Waals surface area contributed by atoms with Gasteiger partial charge in [0.15, 0.2) is 0 Å². The zero-order valence-electron chi connectivity index (χ0n) is 11.7. The lowest BCUT2D eigenvalue weighted by Crippen LogP contribution is -2.28. The molecular formula is C17H20ClNO. The van der Waals surface area contributed by atoms with Crippen molar-refractivity contribution in [3.8, 4) is 0 Å². The summed E-state index contributed by atoms with van der Waals surface area (Å²) < 4.78 is 5.57. The number of hydrogen-bond donors (Lipinski definition) is 1. The van der Waals surface area contributed by atoms with E-state index < -0.39 is 0 Å². The maximum absolute atomic E-state index is 5.97. The number of hydrogen-bond acceptors (Lipinski definition) is 2. The minimum atomic E-state index is 0.359. The molecule has 3 rings (SSSR count). The second kappa shape index (κ2) is 6.02. The van der Waals surface area contributed by atoms with E-state index in [0.29, 0.717) is 12.1 Å². The maximum Gasteiger partial charge on any atom is 0.108 e. The molecular weight excluding hydrogens is 270 g/mol. The predicted molar refractivity (Wildman–Crippen MR) is 82.0 cm³/mol. The summed E-state index contributed by atoms with van der Waals surface area (Å²) in [6.45, 7) is 2.21. The van der Waals surface area contributed by atoms with E-state index in [1.54, 1.807) is 0 Å². The molecule has 0 saturated carbocycles. The lowest BCUT2D eigenvalue weighted by atomic mass is 9.91. The average molecular weight is 290 g/mol. The quantitative estimate of drug-likeness (QED) is 0.852. The van der Waals surface area contributed by atoms with E-state index in [1.165, 1.54) is 24.0 Å². The van der Waals surface area contributed by atoms with Crippen LogP contribution in [0, 0.1) is 0 Å². The molecule has 2 nitrogen and oxygen atoms in total. The fraction of sp³-hybridized carbons (Fsp3) is 0.412. The Kier molecular flexibility index (Phi) is 4.13. The van der Waals surface area contributed by atoms with Gasteiger partial charge in [-0.2, -0.15) is 0 Å². The van der Waals surface area contributed by atoms with Gasteiger partial charge in [0.05, 0.1) is 6.26 Å². The van der Waals surface area contributed by atoms with E-state index in [0.717, 1.165) is 23.6 Å². The number of nitrogens with one attached hydrogen (secondary N) is 1. The summed E-state index contributed by atoms with van der Waals surface area (Å²) in [5.41, 5.74) is 2.64. The molecule has 106 valence electrons. The molecule has 2 atom stereocenters. The van der Waals surface area contributed by atoms with Crippen LogP contribution < -0.4 is 5.32 Å². The molecule has 1 aromatic carbocycles. The first-order valence-corrected chi connectivity index (χ1v) is 7.73. The highest BCUT2D eigenvalue weighted by atomic mass is 35.5. The van der Waals surface area contributed by atoms with Crippen molar-refractivity contribution in [1.29, 1.82) is 0 Å². The maximum atomic E-state index is 5.97. The summed E-state index contributed by atoms with van der Waals surface area (Å²) in [5.74, 6) is 1.15. The summed E-state index contributed by atoms with van der Waals surface area (Å²) in [7, 11) is 0. The lowest BCUT2D eigenvalue weighted by molar-refractivity contribution is 0.371. The number of rotatable bonds is 4. The minimum absolute atomic E-state index is 0.359. The normalized spacial score (nSPS) is 19.6. The Morgan fingerprint density at radius 2 is 2.10 bits per heavy atom. The van der Waals surface area contributed by atoms with Crippen LogP contribution in [0.1, 0.15) is 55.2 Å². The summed E-state index contributed by atoms with van der Waals surface area (Å²) >= 11 is 5.97. The molecule has 0 amide bonds. The second-order valence-electron chi connectivity index (χ2n) is 5.42. The Bertz CT molecular complexity index is 561. The van der Waals surface area contributed by atoms with Crippen molar-refractivity contribution in [3.05, 3.63) is 58.5 Å². The number of benzene rings is 1. The third-order valence-electron chi connectivity index (χ3n) is 4.13. The smallest absolute Gasteiger partial charge is 0.108 e. The first kappa shape index (κ1) is 13.7. The lowest BCUT2D eigenvalue weighted by Gasteiger charge is -2.28. The molecule has 3 heteroatoms. The number of fused-ring (bicyclic) bond motifs is 1. The van der Waals surface area contributed by atoms with Gasteiger partial charge in [-0.1, -0.05) is 30.7 Å². The Balaban J connectivity index is 1.78. The molecule has 0 fully saturated rings. The van der Waals surface area contributed by atoms with Crippen LogP contribution in [0.25, 0.3) is 0 Å². The highest BCUT2D eigenvalue weighted by molar-refractivity contribution is 6.30. The van der Waals surface area contributed by atoms with E-state index in [1.807, 2.05) is 18.4 Å². The molecule has 20 heavy (non-hydrogen) atoms. The van der Waals surface area contributed by atoms with E-state index in [-0.39, 0.29) is 0 Å². The van der Waals surface area contributed by atoms with Crippen LogP contribution in [0.4, 0.5) is 0 Å². The molecule has 1 aliphatic rings. The van der Waals surface area contributed by atoms with Gasteiger partial charge in [-0.05, 0) is 43.0 Å². The predicted octanol–water partition coefficient (Wildman–Crippen LogP) is 5.05. The van der Waals surface area contributed by atoms with Gasteiger partial charge < -0.3 is 9.73 Å². The summed E-state index contributed by atoms with van der Waals surface area (Å²) in [6, 6.07) is 11.0. The van der Waals surface area contributed by atoms with Gasteiger partial charge in [0.1, 0.15) is 5.76 Å². The molecule has 2 unspecified atom stereocenters. The number of aryl methyl sites for hydroxylation is 1. The third-order valence-corrected chi connectivity index (χ3v) is 4.39. The van der Waals surface area contributed by atoms with Crippen molar-refractivity contribution in [2.45, 2.75) is 44.7 Å². The van der Waals surface area contributed by atoms with Crippen LogP contribution in [-0.2, 0) is 6.42 Å². The van der Waals surface area contributed by atoms with Gasteiger partial charge >= 0.3 is 0 Å². The first-order chi connectivity index (χ1) is 9.78. The Morgan fingerprint density at radius 1 is 1.30 bits per heavy atom. The van der Waals surface area contributed by atoms with E-state index in [9.17, 15) is 0 Å². The van der Waals surface area contributed by atoms with Crippen molar-refractivity contribution in [2.75, 3.05) is 0 Å². The standard InChI is InChI=1S/C17H20ClNO/c1-2-15(12-6-8-13(18)9-7-12)19-16-4-3-5-17-14(16)10-11-20-17/h6-11,15-16,19H,2-5H2,1H3.